The summed E-state index contributed by atoms with van der Waals surface area (Å²) in [6.07, 6.45) is 7.84. The molecule has 1 heterocycles. The molecule has 23 heavy (non-hydrogen) atoms. The lowest BCUT2D eigenvalue weighted by atomic mass is 10.2. The van der Waals surface area contributed by atoms with Gasteiger partial charge in [0.05, 0.1) is 11.8 Å². The molecule has 1 amide bonds. The van der Waals surface area contributed by atoms with Crippen LogP contribution < -0.4 is 5.32 Å². The summed E-state index contributed by atoms with van der Waals surface area (Å²) >= 11 is 0. The molecular weight excluding hydrogens is 297 g/mol. The van der Waals surface area contributed by atoms with Crippen LogP contribution in [-0.2, 0) is 9.53 Å². The van der Waals surface area contributed by atoms with Crippen molar-refractivity contribution in [2.45, 2.75) is 38.7 Å². The number of anilines is 1. The van der Waals surface area contributed by atoms with E-state index >= 15 is 0 Å². The summed E-state index contributed by atoms with van der Waals surface area (Å²) in [5.74, 6) is 0.0223. The van der Waals surface area contributed by atoms with Gasteiger partial charge in [-0.05, 0) is 38.0 Å². The first-order valence-electron chi connectivity index (χ1n) is 7.85. The highest BCUT2D eigenvalue weighted by Gasteiger charge is 2.17. The molecule has 1 N–H and O–H groups in total. The van der Waals surface area contributed by atoms with E-state index in [2.05, 4.69) is 10.3 Å². The average molecular weight is 317 g/mol. The largest absolute Gasteiger partial charge is 0.368 e. The van der Waals surface area contributed by atoms with Gasteiger partial charge in [-0.25, -0.2) is 9.37 Å². The van der Waals surface area contributed by atoms with Crippen LogP contribution in [0.15, 0.2) is 30.6 Å². The zero-order valence-corrected chi connectivity index (χ0v) is 13.1. The van der Waals surface area contributed by atoms with Gasteiger partial charge in [-0.3, -0.25) is 4.79 Å². The normalized spacial score (nSPS) is 15.0. The smallest absolute Gasteiger partial charge is 0.250 e. The number of carbonyl (C=O) groups excluding carboxylic acids is 1. The van der Waals surface area contributed by atoms with E-state index in [-0.39, 0.29) is 18.6 Å². The van der Waals surface area contributed by atoms with Gasteiger partial charge in [0.2, 0.25) is 5.91 Å². The lowest BCUT2D eigenvalue weighted by molar-refractivity contribution is -0.122. The molecule has 122 valence electrons. The van der Waals surface area contributed by atoms with E-state index in [9.17, 15) is 9.18 Å². The van der Waals surface area contributed by atoms with E-state index in [4.69, 9.17) is 4.74 Å². The van der Waals surface area contributed by atoms with Crippen LogP contribution in [0, 0.1) is 12.7 Å². The van der Waals surface area contributed by atoms with E-state index in [0.717, 1.165) is 25.7 Å². The van der Waals surface area contributed by atoms with Gasteiger partial charge in [0.15, 0.2) is 0 Å². The topological polar surface area (TPSA) is 56.2 Å². The molecule has 0 unspecified atom stereocenters. The minimum Gasteiger partial charge on any atom is -0.368 e. The second-order valence-electron chi connectivity index (χ2n) is 5.78. The Balaban J connectivity index is 1.61. The lowest BCUT2D eigenvalue weighted by Crippen LogP contribution is -2.22. The number of aryl methyl sites for hydroxylation is 1. The highest BCUT2D eigenvalue weighted by atomic mass is 19.1. The zero-order valence-electron chi connectivity index (χ0n) is 13.1. The van der Waals surface area contributed by atoms with Crippen molar-refractivity contribution in [2.24, 2.45) is 0 Å². The molecule has 1 aromatic heterocycles. The van der Waals surface area contributed by atoms with Gasteiger partial charge < -0.3 is 14.6 Å². The Morgan fingerprint density at radius 2 is 2.22 bits per heavy atom. The van der Waals surface area contributed by atoms with Crippen molar-refractivity contribution in [3.63, 3.8) is 0 Å². The number of rotatable bonds is 5. The Labute approximate surface area is 134 Å². The number of benzene rings is 1. The summed E-state index contributed by atoms with van der Waals surface area (Å²) in [5, 5.41) is 2.67. The second kappa shape index (κ2) is 6.91. The minimum absolute atomic E-state index is 0.00860. The number of halogens is 1. The van der Waals surface area contributed by atoms with Crippen molar-refractivity contribution >= 4 is 11.6 Å². The first kappa shape index (κ1) is 15.7. The van der Waals surface area contributed by atoms with Crippen LogP contribution in [0.5, 0.6) is 0 Å². The van der Waals surface area contributed by atoms with Gasteiger partial charge in [-0.15, -0.1) is 0 Å². The summed E-state index contributed by atoms with van der Waals surface area (Å²) < 4.78 is 21.4. The van der Waals surface area contributed by atoms with Gasteiger partial charge in [0.25, 0.3) is 0 Å². The fourth-order valence-corrected chi connectivity index (χ4v) is 2.86. The summed E-state index contributed by atoms with van der Waals surface area (Å²) in [6, 6.07) is 4.60. The first-order valence-corrected chi connectivity index (χ1v) is 7.85. The SMILES string of the molecule is Cc1nccn1-c1ccc(NC(=O)COC2CCCC2)cc1F. The third kappa shape index (κ3) is 3.76. The van der Waals surface area contributed by atoms with Gasteiger partial charge >= 0.3 is 0 Å². The maximum Gasteiger partial charge on any atom is 0.250 e. The Bertz CT molecular complexity index is 693. The van der Waals surface area contributed by atoms with Crippen molar-refractivity contribution in [3.05, 3.63) is 42.2 Å². The van der Waals surface area contributed by atoms with Crippen molar-refractivity contribution in [2.75, 3.05) is 11.9 Å². The summed E-state index contributed by atoms with van der Waals surface area (Å²) in [7, 11) is 0. The van der Waals surface area contributed by atoms with E-state index in [0.29, 0.717) is 17.2 Å². The molecule has 5 nitrogen and oxygen atoms in total. The molecule has 2 aromatic rings. The zero-order chi connectivity index (χ0) is 16.2. The standard InChI is InChI=1S/C17H20FN3O2/c1-12-19-8-9-21(12)16-7-6-13(10-15(16)18)20-17(22)11-23-14-4-2-3-5-14/h6-10,14H,2-5,11H2,1H3,(H,20,22). The van der Waals surface area contributed by atoms with Crippen molar-refractivity contribution in [1.29, 1.82) is 0 Å². The second-order valence-corrected chi connectivity index (χ2v) is 5.78. The number of aromatic nitrogens is 2. The number of hydrogen-bond donors (Lipinski definition) is 1. The van der Waals surface area contributed by atoms with E-state index in [1.165, 1.54) is 6.07 Å². The third-order valence-electron chi connectivity index (χ3n) is 4.07. The number of hydrogen-bond acceptors (Lipinski definition) is 3. The van der Waals surface area contributed by atoms with Gasteiger partial charge in [0.1, 0.15) is 18.2 Å². The number of amides is 1. The molecule has 0 saturated heterocycles. The summed E-state index contributed by atoms with van der Waals surface area (Å²) in [5.41, 5.74) is 0.823. The fraction of sp³-hybridized carbons (Fsp3) is 0.412. The molecule has 0 spiro atoms. The molecule has 3 rings (SSSR count). The molecule has 0 aliphatic heterocycles. The average Bonchev–Trinajstić information content (AvgIpc) is 3.17. The Kier molecular flexibility index (Phi) is 4.71. The summed E-state index contributed by atoms with van der Waals surface area (Å²) in [4.78, 5) is 16.0. The van der Waals surface area contributed by atoms with Crippen LogP contribution in [0.1, 0.15) is 31.5 Å². The number of nitrogens with zero attached hydrogens (tertiary/aromatic N) is 2. The number of nitrogens with one attached hydrogen (secondary N) is 1. The number of imidazole rings is 1. The van der Waals surface area contributed by atoms with Crippen LogP contribution >= 0.6 is 0 Å². The lowest BCUT2D eigenvalue weighted by Gasteiger charge is -2.12. The predicted molar refractivity (Wildman–Crippen MR) is 85.1 cm³/mol. The third-order valence-corrected chi connectivity index (χ3v) is 4.07. The highest BCUT2D eigenvalue weighted by molar-refractivity contribution is 5.91. The van der Waals surface area contributed by atoms with Crippen LogP contribution in [0.2, 0.25) is 0 Å². The van der Waals surface area contributed by atoms with Gasteiger partial charge in [0, 0.05) is 18.1 Å². The van der Waals surface area contributed by atoms with Gasteiger partial charge in [-0.2, -0.15) is 0 Å². The predicted octanol–water partition coefficient (Wildman–Crippen LogP) is 3.22. The Morgan fingerprint density at radius 3 is 2.87 bits per heavy atom. The number of ether oxygens (including phenoxy) is 1. The molecule has 1 aliphatic rings. The summed E-state index contributed by atoms with van der Waals surface area (Å²) in [6.45, 7) is 1.81. The van der Waals surface area contributed by atoms with Crippen LogP contribution in [0.4, 0.5) is 10.1 Å². The maximum absolute atomic E-state index is 14.2. The highest BCUT2D eigenvalue weighted by Crippen LogP contribution is 2.21. The van der Waals surface area contributed by atoms with Crippen LogP contribution in [0.25, 0.3) is 5.69 Å². The molecular formula is C17H20FN3O2. The van der Waals surface area contributed by atoms with E-state index < -0.39 is 5.82 Å². The minimum atomic E-state index is -0.416. The monoisotopic (exact) mass is 317 g/mol. The van der Waals surface area contributed by atoms with Crippen molar-refractivity contribution < 1.29 is 13.9 Å². The molecule has 0 bridgehead atoms. The van der Waals surface area contributed by atoms with Crippen LogP contribution in [-0.4, -0.2) is 28.2 Å². The van der Waals surface area contributed by atoms with Crippen molar-refractivity contribution in [3.8, 4) is 5.69 Å². The molecule has 1 saturated carbocycles. The Hall–Kier alpha value is -2.21. The van der Waals surface area contributed by atoms with Gasteiger partial charge in [-0.1, -0.05) is 12.8 Å². The molecule has 0 atom stereocenters. The fourth-order valence-electron chi connectivity index (χ4n) is 2.86. The molecule has 6 heteroatoms. The van der Waals surface area contributed by atoms with Crippen molar-refractivity contribution in [1.82, 2.24) is 9.55 Å². The maximum atomic E-state index is 14.2. The van der Waals surface area contributed by atoms with Crippen LogP contribution in [0.3, 0.4) is 0 Å². The first-order chi connectivity index (χ1) is 11.1. The molecule has 1 fully saturated rings. The quantitative estimate of drug-likeness (QED) is 0.921. The molecule has 1 aliphatic carbocycles. The van der Waals surface area contributed by atoms with E-state index in [1.54, 1.807) is 36.0 Å². The Morgan fingerprint density at radius 1 is 1.43 bits per heavy atom. The molecule has 1 aromatic carbocycles. The van der Waals surface area contributed by atoms with E-state index in [1.807, 2.05) is 0 Å². The number of carbonyl (C=O) groups is 1. The molecule has 0 radical (unpaired) electrons.